The first kappa shape index (κ1) is 15.1. The van der Waals surface area contributed by atoms with Crippen LogP contribution in [-0.4, -0.2) is 31.1 Å². The molecule has 6 heteroatoms. The summed E-state index contributed by atoms with van der Waals surface area (Å²) in [6.45, 7) is 3.28. The lowest BCUT2D eigenvalue weighted by molar-refractivity contribution is -0.138. The van der Waals surface area contributed by atoms with Crippen molar-refractivity contribution in [2.75, 3.05) is 26.2 Å². The van der Waals surface area contributed by atoms with Crippen molar-refractivity contribution in [2.24, 2.45) is 5.73 Å². The van der Waals surface area contributed by atoms with Gasteiger partial charge in [0.2, 0.25) is 0 Å². The Morgan fingerprint density at radius 3 is 2.50 bits per heavy atom. The Morgan fingerprint density at radius 2 is 1.90 bits per heavy atom. The van der Waals surface area contributed by atoms with Gasteiger partial charge in [0, 0.05) is 13.1 Å². The lowest BCUT2D eigenvalue weighted by atomic mass is 10.1. The molecule has 0 amide bonds. The maximum atomic E-state index is 12.7. The van der Waals surface area contributed by atoms with Crippen molar-refractivity contribution in [3.05, 3.63) is 29.3 Å². The molecule has 1 aromatic rings. The van der Waals surface area contributed by atoms with Crippen molar-refractivity contribution in [3.8, 4) is 5.75 Å². The maximum Gasteiger partial charge on any atom is 0.416 e. The Balaban J connectivity index is 1.95. The van der Waals surface area contributed by atoms with Crippen LogP contribution in [-0.2, 0) is 12.7 Å². The highest BCUT2D eigenvalue weighted by Gasteiger charge is 2.33. The molecule has 0 unspecified atom stereocenters. The number of halogens is 3. The normalized spacial score (nSPS) is 16.6. The topological polar surface area (TPSA) is 38.5 Å². The van der Waals surface area contributed by atoms with Crippen LogP contribution in [0.1, 0.15) is 24.0 Å². The molecule has 1 aliphatic rings. The summed E-state index contributed by atoms with van der Waals surface area (Å²) < 4.78 is 43.7. The SMILES string of the molecule is NCc1cc(OCCN2CCCC2)ccc1C(F)(F)F. The van der Waals surface area contributed by atoms with Gasteiger partial charge in [-0.25, -0.2) is 0 Å². The van der Waals surface area contributed by atoms with E-state index in [9.17, 15) is 13.2 Å². The highest BCUT2D eigenvalue weighted by molar-refractivity contribution is 5.37. The summed E-state index contributed by atoms with van der Waals surface area (Å²) in [7, 11) is 0. The number of ether oxygens (including phenoxy) is 1. The van der Waals surface area contributed by atoms with Gasteiger partial charge in [0.25, 0.3) is 0 Å². The Morgan fingerprint density at radius 1 is 1.20 bits per heavy atom. The van der Waals surface area contributed by atoms with Crippen LogP contribution in [0.5, 0.6) is 5.75 Å². The zero-order valence-electron chi connectivity index (χ0n) is 11.2. The lowest BCUT2D eigenvalue weighted by Gasteiger charge is -2.16. The Kier molecular flexibility index (Phi) is 4.88. The predicted molar refractivity (Wildman–Crippen MR) is 70.5 cm³/mol. The van der Waals surface area contributed by atoms with E-state index in [2.05, 4.69) is 4.90 Å². The van der Waals surface area contributed by atoms with Gasteiger partial charge in [-0.1, -0.05) is 0 Å². The standard InChI is InChI=1S/C14H19F3N2O/c15-14(16,17)13-4-3-12(9-11(13)10-18)20-8-7-19-5-1-2-6-19/h3-4,9H,1-2,5-8,10,18H2. The fourth-order valence-electron chi connectivity index (χ4n) is 2.40. The molecule has 2 N–H and O–H groups in total. The number of nitrogens with zero attached hydrogens (tertiary/aromatic N) is 1. The molecular weight excluding hydrogens is 269 g/mol. The minimum absolute atomic E-state index is 0.0659. The molecule has 0 atom stereocenters. The molecule has 1 saturated heterocycles. The largest absolute Gasteiger partial charge is 0.492 e. The molecule has 0 saturated carbocycles. The van der Waals surface area contributed by atoms with Crippen LogP contribution in [0.3, 0.4) is 0 Å². The van der Waals surface area contributed by atoms with Gasteiger partial charge in [-0.2, -0.15) is 13.2 Å². The number of alkyl halides is 3. The highest BCUT2D eigenvalue weighted by atomic mass is 19.4. The first-order valence-corrected chi connectivity index (χ1v) is 6.76. The number of likely N-dealkylation sites (tertiary alicyclic amines) is 1. The van der Waals surface area contributed by atoms with Crippen molar-refractivity contribution in [1.29, 1.82) is 0 Å². The van der Waals surface area contributed by atoms with Gasteiger partial charge in [-0.05, 0) is 49.7 Å². The van der Waals surface area contributed by atoms with Crippen molar-refractivity contribution in [1.82, 2.24) is 4.90 Å². The zero-order valence-corrected chi connectivity index (χ0v) is 11.2. The van der Waals surface area contributed by atoms with Crippen LogP contribution in [0.25, 0.3) is 0 Å². The molecule has 3 nitrogen and oxygen atoms in total. The monoisotopic (exact) mass is 288 g/mol. The number of rotatable bonds is 5. The van der Waals surface area contributed by atoms with Crippen LogP contribution in [0.2, 0.25) is 0 Å². The quantitative estimate of drug-likeness (QED) is 0.905. The average Bonchev–Trinajstić information content (AvgIpc) is 2.90. The Hall–Kier alpha value is -1.27. The molecule has 0 aromatic heterocycles. The third kappa shape index (κ3) is 3.86. The van der Waals surface area contributed by atoms with E-state index in [1.807, 2.05) is 0 Å². The fourth-order valence-corrected chi connectivity index (χ4v) is 2.40. The molecule has 20 heavy (non-hydrogen) atoms. The van der Waals surface area contributed by atoms with Crippen LogP contribution in [0, 0.1) is 0 Å². The summed E-state index contributed by atoms with van der Waals surface area (Å²) in [4.78, 5) is 2.29. The van der Waals surface area contributed by atoms with Gasteiger partial charge >= 0.3 is 6.18 Å². The van der Waals surface area contributed by atoms with Gasteiger partial charge in [0.05, 0.1) is 5.56 Å². The van der Waals surface area contributed by atoms with Gasteiger partial charge in [-0.3, -0.25) is 4.90 Å². The number of nitrogens with two attached hydrogens (primary N) is 1. The van der Waals surface area contributed by atoms with Crippen LogP contribution in [0.15, 0.2) is 18.2 Å². The molecule has 0 spiro atoms. The molecule has 2 rings (SSSR count). The molecule has 0 bridgehead atoms. The second kappa shape index (κ2) is 6.45. The van der Waals surface area contributed by atoms with Gasteiger partial charge < -0.3 is 10.5 Å². The Labute approximate surface area is 116 Å². The molecular formula is C14H19F3N2O. The maximum absolute atomic E-state index is 12.7. The first-order chi connectivity index (χ1) is 9.50. The first-order valence-electron chi connectivity index (χ1n) is 6.76. The molecule has 0 radical (unpaired) electrons. The summed E-state index contributed by atoms with van der Waals surface area (Å²) in [5.74, 6) is 0.442. The number of benzene rings is 1. The van der Waals surface area contributed by atoms with Crippen molar-refractivity contribution >= 4 is 0 Å². The summed E-state index contributed by atoms with van der Waals surface area (Å²) in [5.41, 5.74) is 4.76. The second-order valence-corrected chi connectivity index (χ2v) is 4.92. The van der Waals surface area contributed by atoms with Crippen molar-refractivity contribution in [3.63, 3.8) is 0 Å². The summed E-state index contributed by atoms with van der Waals surface area (Å²) in [6, 6.07) is 3.77. The van der Waals surface area contributed by atoms with E-state index < -0.39 is 11.7 Å². The van der Waals surface area contributed by atoms with Gasteiger partial charge in [-0.15, -0.1) is 0 Å². The minimum atomic E-state index is -4.37. The zero-order chi connectivity index (χ0) is 14.6. The van der Waals surface area contributed by atoms with Crippen molar-refractivity contribution in [2.45, 2.75) is 25.6 Å². The predicted octanol–water partition coefficient (Wildman–Crippen LogP) is 2.64. The van der Waals surface area contributed by atoms with E-state index in [-0.39, 0.29) is 12.1 Å². The average molecular weight is 288 g/mol. The summed E-state index contributed by atoms with van der Waals surface area (Å²) >= 11 is 0. The van der Waals surface area contributed by atoms with Crippen molar-refractivity contribution < 1.29 is 17.9 Å². The number of hydrogen-bond acceptors (Lipinski definition) is 3. The Bertz CT molecular complexity index is 443. The van der Waals surface area contributed by atoms with Crippen LogP contribution in [0.4, 0.5) is 13.2 Å². The molecule has 1 aromatic carbocycles. The highest BCUT2D eigenvalue weighted by Crippen LogP contribution is 2.33. The molecule has 1 fully saturated rings. The molecule has 1 aliphatic heterocycles. The second-order valence-electron chi connectivity index (χ2n) is 4.92. The summed E-state index contributed by atoms with van der Waals surface area (Å²) in [5, 5.41) is 0. The summed E-state index contributed by atoms with van der Waals surface area (Å²) in [6.07, 6.45) is -1.96. The minimum Gasteiger partial charge on any atom is -0.492 e. The molecule has 0 aliphatic carbocycles. The lowest BCUT2D eigenvalue weighted by Crippen LogP contribution is -2.25. The van der Waals surface area contributed by atoms with E-state index in [1.54, 1.807) is 0 Å². The third-order valence-electron chi connectivity index (χ3n) is 3.48. The van der Waals surface area contributed by atoms with E-state index in [0.29, 0.717) is 12.4 Å². The van der Waals surface area contributed by atoms with Gasteiger partial charge in [0.1, 0.15) is 12.4 Å². The third-order valence-corrected chi connectivity index (χ3v) is 3.48. The van der Waals surface area contributed by atoms with Crippen LogP contribution >= 0.6 is 0 Å². The molecule has 112 valence electrons. The smallest absolute Gasteiger partial charge is 0.416 e. The van der Waals surface area contributed by atoms with E-state index in [1.165, 1.54) is 25.0 Å². The van der Waals surface area contributed by atoms with E-state index in [4.69, 9.17) is 10.5 Å². The number of hydrogen-bond donors (Lipinski definition) is 1. The van der Waals surface area contributed by atoms with E-state index >= 15 is 0 Å². The fraction of sp³-hybridized carbons (Fsp3) is 0.571. The van der Waals surface area contributed by atoms with E-state index in [0.717, 1.165) is 25.7 Å². The van der Waals surface area contributed by atoms with Crippen LogP contribution < -0.4 is 10.5 Å². The molecule has 1 heterocycles. The van der Waals surface area contributed by atoms with Gasteiger partial charge in [0.15, 0.2) is 0 Å².